The molecule has 1 saturated carbocycles. The van der Waals surface area contributed by atoms with Gasteiger partial charge >= 0.3 is 5.97 Å². The maximum atomic E-state index is 11.9. The van der Waals surface area contributed by atoms with Gasteiger partial charge in [0.15, 0.2) is 0 Å². The second-order valence-corrected chi connectivity index (χ2v) is 5.61. The van der Waals surface area contributed by atoms with Crippen LogP contribution in [0.1, 0.15) is 25.7 Å². The van der Waals surface area contributed by atoms with Crippen LogP contribution in [0.15, 0.2) is 0 Å². The number of aliphatic carboxylic acids is 1. The van der Waals surface area contributed by atoms with Gasteiger partial charge in [0.2, 0.25) is 5.91 Å². The Bertz CT molecular complexity index is 317. The van der Waals surface area contributed by atoms with E-state index in [-0.39, 0.29) is 17.9 Å². The number of hydrogen-bond acceptors (Lipinski definition) is 4. The molecule has 0 aromatic rings. The van der Waals surface area contributed by atoms with Crippen LogP contribution in [-0.2, 0) is 9.59 Å². The zero-order valence-corrected chi connectivity index (χ0v) is 9.83. The van der Waals surface area contributed by atoms with Crippen molar-refractivity contribution in [3.05, 3.63) is 0 Å². The largest absolute Gasteiger partial charge is 0.480 e. The van der Waals surface area contributed by atoms with Crippen molar-refractivity contribution in [1.82, 2.24) is 4.90 Å². The molecule has 0 bridgehead atoms. The van der Waals surface area contributed by atoms with Crippen LogP contribution in [0.4, 0.5) is 0 Å². The molecule has 1 aliphatic heterocycles. The molecule has 1 amide bonds. The van der Waals surface area contributed by atoms with Crippen molar-refractivity contribution in [2.24, 2.45) is 5.73 Å². The van der Waals surface area contributed by atoms with E-state index in [1.54, 1.807) is 0 Å². The number of amides is 1. The van der Waals surface area contributed by atoms with Crippen LogP contribution in [0.5, 0.6) is 0 Å². The minimum Gasteiger partial charge on any atom is -0.480 e. The Morgan fingerprint density at radius 2 is 2.19 bits per heavy atom. The van der Waals surface area contributed by atoms with Crippen molar-refractivity contribution < 1.29 is 14.7 Å². The van der Waals surface area contributed by atoms with Crippen LogP contribution in [0.3, 0.4) is 0 Å². The molecule has 0 aromatic heterocycles. The zero-order chi connectivity index (χ0) is 11.8. The fraction of sp³-hybridized carbons (Fsp3) is 0.800. The predicted molar refractivity (Wildman–Crippen MR) is 61.0 cm³/mol. The van der Waals surface area contributed by atoms with Gasteiger partial charge in [-0.25, -0.2) is 4.79 Å². The first-order chi connectivity index (χ1) is 7.52. The van der Waals surface area contributed by atoms with Crippen molar-refractivity contribution in [2.45, 2.75) is 37.3 Å². The molecule has 1 saturated heterocycles. The number of thioether (sulfide) groups is 1. The Morgan fingerprint density at radius 1 is 1.50 bits per heavy atom. The van der Waals surface area contributed by atoms with E-state index in [9.17, 15) is 9.59 Å². The fourth-order valence-corrected chi connectivity index (χ4v) is 3.28. The second kappa shape index (κ2) is 4.25. The minimum absolute atomic E-state index is 0.111. The van der Waals surface area contributed by atoms with E-state index in [4.69, 9.17) is 10.8 Å². The average molecular weight is 244 g/mol. The second-order valence-electron chi connectivity index (χ2n) is 4.61. The lowest BCUT2D eigenvalue weighted by atomic mass is 9.75. The van der Waals surface area contributed by atoms with Crippen LogP contribution in [-0.4, -0.2) is 45.1 Å². The zero-order valence-electron chi connectivity index (χ0n) is 9.02. The summed E-state index contributed by atoms with van der Waals surface area (Å²) in [6.07, 6.45) is 3.10. The molecule has 16 heavy (non-hydrogen) atoms. The van der Waals surface area contributed by atoms with E-state index in [0.717, 1.165) is 19.3 Å². The van der Waals surface area contributed by atoms with Gasteiger partial charge in [0.1, 0.15) is 6.04 Å². The highest BCUT2D eigenvalue weighted by atomic mass is 32.2. The molecule has 0 aromatic carbocycles. The Morgan fingerprint density at radius 3 is 2.69 bits per heavy atom. The molecular formula is C10H16N2O3S. The van der Waals surface area contributed by atoms with Gasteiger partial charge in [-0.3, -0.25) is 4.79 Å². The molecule has 6 heteroatoms. The third-order valence-corrected chi connectivity index (χ3v) is 4.35. The number of carbonyl (C=O) groups is 2. The average Bonchev–Trinajstić information content (AvgIpc) is 2.63. The molecule has 2 aliphatic rings. The standard InChI is InChI=1S/C10H16N2O3S/c11-10(2-1-3-10)4-8(13)12-6-16-5-7(12)9(14)15/h7H,1-6,11H2,(H,14,15). The lowest BCUT2D eigenvalue weighted by Gasteiger charge is -2.38. The van der Waals surface area contributed by atoms with Crippen molar-refractivity contribution in [2.75, 3.05) is 11.6 Å². The third kappa shape index (κ3) is 2.17. The monoisotopic (exact) mass is 244 g/mol. The summed E-state index contributed by atoms with van der Waals surface area (Å²) in [5, 5.41) is 8.96. The molecule has 1 heterocycles. The molecule has 5 nitrogen and oxygen atoms in total. The van der Waals surface area contributed by atoms with E-state index < -0.39 is 12.0 Å². The van der Waals surface area contributed by atoms with Gasteiger partial charge in [-0.05, 0) is 19.3 Å². The van der Waals surface area contributed by atoms with E-state index in [2.05, 4.69) is 0 Å². The van der Waals surface area contributed by atoms with Crippen LogP contribution in [0.2, 0.25) is 0 Å². The summed E-state index contributed by atoms with van der Waals surface area (Å²) in [5.41, 5.74) is 5.62. The number of hydrogen-bond donors (Lipinski definition) is 2. The third-order valence-electron chi connectivity index (χ3n) is 3.34. The normalized spacial score (nSPS) is 27.6. The molecule has 90 valence electrons. The number of nitrogens with zero attached hydrogens (tertiary/aromatic N) is 1. The maximum absolute atomic E-state index is 11.9. The summed E-state index contributed by atoms with van der Waals surface area (Å²) in [6, 6.07) is -0.666. The highest BCUT2D eigenvalue weighted by molar-refractivity contribution is 7.99. The predicted octanol–water partition coefficient (Wildman–Crippen LogP) is 0.244. The van der Waals surface area contributed by atoms with Crippen LogP contribution in [0, 0.1) is 0 Å². The van der Waals surface area contributed by atoms with Gasteiger partial charge in [0, 0.05) is 17.7 Å². The first-order valence-corrected chi connectivity index (χ1v) is 6.56. The first-order valence-electron chi connectivity index (χ1n) is 5.41. The Kier molecular flexibility index (Phi) is 3.12. The maximum Gasteiger partial charge on any atom is 0.327 e. The van der Waals surface area contributed by atoms with E-state index >= 15 is 0 Å². The van der Waals surface area contributed by atoms with Gasteiger partial charge in [0.25, 0.3) is 0 Å². The number of carboxylic acid groups (broad SMARTS) is 1. The lowest BCUT2D eigenvalue weighted by Crippen LogP contribution is -2.52. The molecule has 2 rings (SSSR count). The molecule has 3 N–H and O–H groups in total. The Balaban J connectivity index is 1.95. The van der Waals surface area contributed by atoms with Gasteiger partial charge in [-0.15, -0.1) is 11.8 Å². The van der Waals surface area contributed by atoms with Crippen molar-refractivity contribution in [1.29, 1.82) is 0 Å². The molecular weight excluding hydrogens is 228 g/mol. The number of nitrogens with two attached hydrogens (primary N) is 1. The summed E-state index contributed by atoms with van der Waals surface area (Å²) in [4.78, 5) is 24.3. The highest BCUT2D eigenvalue weighted by Crippen LogP contribution is 2.33. The highest BCUT2D eigenvalue weighted by Gasteiger charge is 2.40. The molecule has 1 aliphatic carbocycles. The van der Waals surface area contributed by atoms with E-state index in [1.807, 2.05) is 0 Å². The summed E-state index contributed by atoms with van der Waals surface area (Å²) in [5.74, 6) is -0.0671. The molecule has 2 fully saturated rings. The number of rotatable bonds is 3. The van der Waals surface area contributed by atoms with Crippen LogP contribution in [0.25, 0.3) is 0 Å². The first kappa shape index (κ1) is 11.7. The Labute approximate surface area is 98.4 Å². The topological polar surface area (TPSA) is 83.6 Å². The van der Waals surface area contributed by atoms with Crippen LogP contribution >= 0.6 is 11.8 Å². The molecule has 0 radical (unpaired) electrons. The number of carbonyl (C=O) groups excluding carboxylic acids is 1. The SMILES string of the molecule is NC1(CC(=O)N2CSCC2C(=O)O)CCC1. The lowest BCUT2D eigenvalue weighted by molar-refractivity contribution is -0.148. The summed E-state index contributed by atoms with van der Waals surface area (Å²) >= 11 is 1.48. The smallest absolute Gasteiger partial charge is 0.327 e. The quantitative estimate of drug-likeness (QED) is 0.743. The molecule has 1 atom stereocenters. The molecule has 1 unspecified atom stereocenters. The van der Waals surface area contributed by atoms with Gasteiger partial charge in [-0.2, -0.15) is 0 Å². The van der Waals surface area contributed by atoms with E-state index in [1.165, 1.54) is 16.7 Å². The summed E-state index contributed by atoms with van der Waals surface area (Å²) in [6.45, 7) is 0. The molecule has 0 spiro atoms. The van der Waals surface area contributed by atoms with Gasteiger partial charge in [-0.1, -0.05) is 0 Å². The minimum atomic E-state index is -0.918. The van der Waals surface area contributed by atoms with Crippen molar-refractivity contribution in [3.8, 4) is 0 Å². The van der Waals surface area contributed by atoms with Crippen LogP contribution < -0.4 is 5.73 Å². The van der Waals surface area contributed by atoms with E-state index in [0.29, 0.717) is 11.6 Å². The van der Waals surface area contributed by atoms with Gasteiger partial charge in [0.05, 0.1) is 5.88 Å². The Hall–Kier alpha value is -0.750. The van der Waals surface area contributed by atoms with Crippen molar-refractivity contribution >= 4 is 23.6 Å². The summed E-state index contributed by atoms with van der Waals surface area (Å²) < 4.78 is 0. The van der Waals surface area contributed by atoms with Gasteiger partial charge < -0.3 is 15.7 Å². The fourth-order valence-electron chi connectivity index (χ4n) is 2.10. The summed E-state index contributed by atoms with van der Waals surface area (Å²) in [7, 11) is 0. The van der Waals surface area contributed by atoms with Crippen molar-refractivity contribution in [3.63, 3.8) is 0 Å². The number of carboxylic acids is 1.